The number of methoxy groups -OCH3 is 1. The molecule has 4 rings (SSSR count). The van der Waals surface area contributed by atoms with Gasteiger partial charge in [-0.2, -0.15) is 0 Å². The van der Waals surface area contributed by atoms with Crippen LogP contribution in [0, 0.1) is 0 Å². The summed E-state index contributed by atoms with van der Waals surface area (Å²) in [6.45, 7) is 0.950. The Bertz CT molecular complexity index is 1310. The van der Waals surface area contributed by atoms with Gasteiger partial charge in [0.15, 0.2) is 0 Å². The average Bonchev–Trinajstić information content (AvgIpc) is 3.40. The predicted molar refractivity (Wildman–Crippen MR) is 143 cm³/mol. The number of halogens is 2. The number of carbonyl (C=O) groups is 1. The molecule has 0 spiro atoms. The molecule has 1 heterocycles. The van der Waals surface area contributed by atoms with E-state index in [2.05, 4.69) is 10.3 Å². The van der Waals surface area contributed by atoms with Gasteiger partial charge in [-0.3, -0.25) is 4.79 Å². The molecular weight excluding hydrogens is 497 g/mol. The number of hydrogen-bond acceptors (Lipinski definition) is 4. The van der Waals surface area contributed by atoms with Crippen molar-refractivity contribution >= 4 is 40.9 Å². The predicted octanol–water partition coefficient (Wildman–Crippen LogP) is 6.81. The van der Waals surface area contributed by atoms with Crippen molar-refractivity contribution in [3.63, 3.8) is 0 Å². The van der Waals surface area contributed by atoms with E-state index in [1.54, 1.807) is 62.1 Å². The van der Waals surface area contributed by atoms with Gasteiger partial charge in [-0.15, -0.1) is 0 Å². The normalized spacial score (nSPS) is 12.0. The van der Waals surface area contributed by atoms with Gasteiger partial charge in [0.05, 0.1) is 26.6 Å². The van der Waals surface area contributed by atoms with Gasteiger partial charge >= 0.3 is 0 Å². The molecule has 8 heteroatoms. The maximum Gasteiger partial charge on any atom is 0.248 e. The van der Waals surface area contributed by atoms with Gasteiger partial charge < -0.3 is 19.4 Å². The van der Waals surface area contributed by atoms with Crippen LogP contribution in [0.4, 0.5) is 5.69 Å². The minimum Gasteiger partial charge on any atom is -0.497 e. The Hall–Kier alpha value is -3.58. The smallest absolute Gasteiger partial charge is 0.248 e. The molecule has 0 saturated carbocycles. The summed E-state index contributed by atoms with van der Waals surface area (Å²) in [7, 11) is 1.60. The van der Waals surface area contributed by atoms with E-state index in [4.69, 9.17) is 32.7 Å². The molecule has 6 nitrogen and oxygen atoms in total. The van der Waals surface area contributed by atoms with Gasteiger partial charge in [0.2, 0.25) is 5.91 Å². The van der Waals surface area contributed by atoms with Crippen LogP contribution in [-0.4, -0.2) is 22.6 Å². The van der Waals surface area contributed by atoms with E-state index < -0.39 is 0 Å². The zero-order chi connectivity index (χ0) is 25.3. The highest BCUT2D eigenvalue weighted by atomic mass is 35.5. The number of anilines is 1. The number of ether oxygens (including phenoxy) is 2. The van der Waals surface area contributed by atoms with Crippen molar-refractivity contribution < 1.29 is 14.3 Å². The van der Waals surface area contributed by atoms with Crippen LogP contribution in [0.25, 0.3) is 6.08 Å². The van der Waals surface area contributed by atoms with Crippen molar-refractivity contribution in [2.45, 2.75) is 19.3 Å². The molecular formula is C28H25Cl2N3O3. The highest BCUT2D eigenvalue weighted by molar-refractivity contribution is 6.35. The van der Waals surface area contributed by atoms with Gasteiger partial charge in [-0.25, -0.2) is 4.98 Å². The first-order valence-electron chi connectivity index (χ1n) is 11.2. The number of nitrogens with one attached hydrogen (secondary N) is 1. The van der Waals surface area contributed by atoms with Crippen molar-refractivity contribution in [1.82, 2.24) is 9.55 Å². The fraction of sp³-hybridized carbons (Fsp3) is 0.143. The first-order valence-corrected chi connectivity index (χ1v) is 12.0. The molecule has 0 aliphatic carbocycles. The zero-order valence-corrected chi connectivity index (χ0v) is 21.1. The lowest BCUT2D eigenvalue weighted by molar-refractivity contribution is -0.111. The van der Waals surface area contributed by atoms with Gasteiger partial charge in [-0.1, -0.05) is 53.5 Å². The minimum absolute atomic E-state index is 0.213. The van der Waals surface area contributed by atoms with Crippen molar-refractivity contribution in [3.8, 4) is 5.75 Å². The lowest BCUT2D eigenvalue weighted by Gasteiger charge is -2.20. The Balaban J connectivity index is 1.36. The highest BCUT2D eigenvalue weighted by Crippen LogP contribution is 2.30. The van der Waals surface area contributed by atoms with E-state index in [1.165, 1.54) is 6.08 Å². The third-order valence-corrected chi connectivity index (χ3v) is 6.02. The summed E-state index contributed by atoms with van der Waals surface area (Å²) >= 11 is 12.5. The van der Waals surface area contributed by atoms with Crippen LogP contribution < -0.4 is 10.1 Å². The van der Waals surface area contributed by atoms with Crippen LogP contribution in [0.2, 0.25) is 10.0 Å². The molecule has 1 N–H and O–H groups in total. The molecule has 3 aromatic carbocycles. The Morgan fingerprint density at radius 3 is 2.53 bits per heavy atom. The van der Waals surface area contributed by atoms with E-state index in [1.807, 2.05) is 41.1 Å². The molecule has 1 unspecified atom stereocenters. The van der Waals surface area contributed by atoms with Gasteiger partial charge in [0.1, 0.15) is 11.9 Å². The van der Waals surface area contributed by atoms with Gasteiger partial charge in [-0.05, 0) is 53.6 Å². The molecule has 0 aliphatic rings. The molecule has 1 aromatic heterocycles. The van der Waals surface area contributed by atoms with E-state index in [0.717, 1.165) is 22.4 Å². The summed E-state index contributed by atoms with van der Waals surface area (Å²) in [6, 6.07) is 20.4. The summed E-state index contributed by atoms with van der Waals surface area (Å²) in [5.41, 5.74) is 3.45. The Kier molecular flexibility index (Phi) is 8.79. The largest absolute Gasteiger partial charge is 0.497 e. The van der Waals surface area contributed by atoms with Crippen LogP contribution in [0.15, 0.2) is 91.5 Å². The third kappa shape index (κ3) is 7.21. The average molecular weight is 522 g/mol. The molecule has 1 atom stereocenters. The molecule has 1 amide bonds. The monoisotopic (exact) mass is 521 g/mol. The Labute approximate surface area is 220 Å². The fourth-order valence-corrected chi connectivity index (χ4v) is 4.07. The standard InChI is InChI=1S/C28H25Cl2N3O3/c1-35-24-10-8-23(9-11-24)32-28(34)13-6-20-2-4-21(5-3-20)18-36-27(17-33-15-14-31-19-33)25-12-7-22(29)16-26(25)30/h2-16,19,27H,17-18H2,1H3,(H,32,34)/b13-6+. The summed E-state index contributed by atoms with van der Waals surface area (Å²) < 4.78 is 13.3. The molecule has 4 aromatic rings. The minimum atomic E-state index is -0.287. The molecule has 0 bridgehead atoms. The number of rotatable bonds is 10. The number of imidazole rings is 1. The van der Waals surface area contributed by atoms with E-state index in [0.29, 0.717) is 28.9 Å². The molecule has 0 saturated heterocycles. The fourth-order valence-electron chi connectivity index (χ4n) is 3.54. The summed E-state index contributed by atoms with van der Waals surface area (Å²) in [5.74, 6) is 0.520. The summed E-state index contributed by atoms with van der Waals surface area (Å²) in [4.78, 5) is 16.3. The molecule has 0 radical (unpaired) electrons. The third-order valence-electron chi connectivity index (χ3n) is 5.46. The molecule has 184 valence electrons. The van der Waals surface area contributed by atoms with Crippen molar-refractivity contribution in [1.29, 1.82) is 0 Å². The van der Waals surface area contributed by atoms with E-state index in [9.17, 15) is 4.79 Å². The van der Waals surface area contributed by atoms with E-state index >= 15 is 0 Å². The zero-order valence-electron chi connectivity index (χ0n) is 19.6. The van der Waals surface area contributed by atoms with Gasteiger partial charge in [0, 0.05) is 39.8 Å². The van der Waals surface area contributed by atoms with Crippen LogP contribution in [-0.2, 0) is 22.7 Å². The lowest BCUT2D eigenvalue weighted by atomic mass is 10.1. The Morgan fingerprint density at radius 1 is 1.08 bits per heavy atom. The summed E-state index contributed by atoms with van der Waals surface area (Å²) in [5, 5.41) is 3.95. The number of nitrogens with zero attached hydrogens (tertiary/aromatic N) is 2. The molecule has 36 heavy (non-hydrogen) atoms. The van der Waals surface area contributed by atoms with Crippen LogP contribution >= 0.6 is 23.2 Å². The highest BCUT2D eigenvalue weighted by Gasteiger charge is 2.17. The van der Waals surface area contributed by atoms with Crippen molar-refractivity contribution in [2.24, 2.45) is 0 Å². The lowest BCUT2D eigenvalue weighted by Crippen LogP contribution is -2.12. The van der Waals surface area contributed by atoms with Gasteiger partial charge in [0.25, 0.3) is 0 Å². The van der Waals surface area contributed by atoms with Crippen molar-refractivity contribution in [2.75, 3.05) is 12.4 Å². The van der Waals surface area contributed by atoms with Crippen LogP contribution in [0.3, 0.4) is 0 Å². The summed E-state index contributed by atoms with van der Waals surface area (Å²) in [6.07, 6.45) is 8.32. The maximum atomic E-state index is 12.2. The van der Waals surface area contributed by atoms with Crippen LogP contribution in [0.1, 0.15) is 22.8 Å². The number of hydrogen-bond donors (Lipinski definition) is 1. The topological polar surface area (TPSA) is 65.4 Å². The molecule has 0 fully saturated rings. The first-order chi connectivity index (χ1) is 17.5. The molecule has 0 aliphatic heterocycles. The second-order valence-corrected chi connectivity index (χ2v) is 8.86. The number of aromatic nitrogens is 2. The van der Waals surface area contributed by atoms with E-state index in [-0.39, 0.29) is 12.0 Å². The van der Waals surface area contributed by atoms with Crippen LogP contribution in [0.5, 0.6) is 5.75 Å². The van der Waals surface area contributed by atoms with Crippen molar-refractivity contribution in [3.05, 3.63) is 118 Å². The second-order valence-electron chi connectivity index (χ2n) is 8.02. The maximum absolute atomic E-state index is 12.2. The Morgan fingerprint density at radius 2 is 1.86 bits per heavy atom. The number of amides is 1. The SMILES string of the molecule is COc1ccc(NC(=O)/C=C/c2ccc(COC(Cn3ccnc3)c3ccc(Cl)cc3Cl)cc2)cc1. The quantitative estimate of drug-likeness (QED) is 0.233. The first kappa shape index (κ1) is 25.5. The second kappa shape index (κ2) is 12.4. The number of carbonyl (C=O) groups excluding carboxylic acids is 1. The number of benzene rings is 3.